The molecule has 114 valence electrons. The summed E-state index contributed by atoms with van der Waals surface area (Å²) in [6.45, 7) is 0.661. The van der Waals surface area contributed by atoms with Crippen LogP contribution in [-0.4, -0.2) is 28.6 Å². The molecule has 21 heavy (non-hydrogen) atoms. The summed E-state index contributed by atoms with van der Waals surface area (Å²) in [7, 11) is 0. The molecule has 1 aromatic carbocycles. The molecule has 0 saturated heterocycles. The second-order valence-electron chi connectivity index (χ2n) is 5.48. The maximum atomic E-state index is 12.2. The number of carboxylic acids is 1. The van der Waals surface area contributed by atoms with Crippen molar-refractivity contribution in [2.75, 3.05) is 11.9 Å². The molecular formula is C15H20N2O4. The molecule has 0 bridgehead atoms. The van der Waals surface area contributed by atoms with Gasteiger partial charge in [0.25, 0.3) is 0 Å². The standard InChI is InChI=1S/C15H20N2O4/c16-8-9-1-3-10(4-2-9)14(19)17-11-5-6-13(18)12(7-11)15(20)21/h5-7,9-10,18H,1-4,8,16H2,(H,17,19)(H,20,21). The normalized spacial score (nSPS) is 21.8. The number of aromatic hydroxyl groups is 1. The summed E-state index contributed by atoms with van der Waals surface area (Å²) in [4.78, 5) is 23.1. The Hall–Kier alpha value is -2.08. The van der Waals surface area contributed by atoms with Crippen molar-refractivity contribution in [3.05, 3.63) is 23.8 Å². The number of rotatable bonds is 4. The third kappa shape index (κ3) is 3.72. The first-order chi connectivity index (χ1) is 10.0. The topological polar surface area (TPSA) is 113 Å². The predicted octanol–water partition coefficient (Wildman–Crippen LogP) is 1.79. The van der Waals surface area contributed by atoms with E-state index in [1.54, 1.807) is 0 Å². The number of hydrogen-bond acceptors (Lipinski definition) is 4. The first-order valence-corrected chi connectivity index (χ1v) is 7.08. The molecule has 1 saturated carbocycles. The van der Waals surface area contributed by atoms with Crippen LogP contribution in [0.1, 0.15) is 36.0 Å². The number of nitrogens with two attached hydrogens (primary N) is 1. The molecule has 2 rings (SSSR count). The lowest BCUT2D eigenvalue weighted by molar-refractivity contribution is -0.121. The zero-order valence-corrected chi connectivity index (χ0v) is 11.7. The lowest BCUT2D eigenvalue weighted by Gasteiger charge is -2.26. The average Bonchev–Trinajstić information content (AvgIpc) is 2.49. The molecule has 0 aliphatic heterocycles. The highest BCUT2D eigenvalue weighted by Crippen LogP contribution is 2.29. The van der Waals surface area contributed by atoms with Crippen LogP contribution in [0.15, 0.2) is 18.2 Å². The number of carbonyl (C=O) groups excluding carboxylic acids is 1. The summed E-state index contributed by atoms with van der Waals surface area (Å²) in [6.07, 6.45) is 3.50. The molecule has 6 heteroatoms. The van der Waals surface area contributed by atoms with E-state index >= 15 is 0 Å². The molecule has 1 aromatic rings. The molecule has 0 radical (unpaired) electrons. The van der Waals surface area contributed by atoms with Crippen molar-refractivity contribution in [3.8, 4) is 5.75 Å². The van der Waals surface area contributed by atoms with Crippen molar-refractivity contribution in [1.29, 1.82) is 0 Å². The molecule has 0 unspecified atom stereocenters. The summed E-state index contributed by atoms with van der Waals surface area (Å²) >= 11 is 0. The number of amides is 1. The van der Waals surface area contributed by atoms with E-state index < -0.39 is 5.97 Å². The Bertz CT molecular complexity index is 536. The molecule has 0 atom stereocenters. The van der Waals surface area contributed by atoms with Gasteiger partial charge in [-0.2, -0.15) is 0 Å². The molecular weight excluding hydrogens is 272 g/mol. The third-order valence-electron chi connectivity index (χ3n) is 4.05. The zero-order chi connectivity index (χ0) is 15.4. The number of aromatic carboxylic acids is 1. The van der Waals surface area contributed by atoms with Crippen molar-refractivity contribution in [2.45, 2.75) is 25.7 Å². The van der Waals surface area contributed by atoms with Crippen molar-refractivity contribution in [3.63, 3.8) is 0 Å². The van der Waals surface area contributed by atoms with Crippen LogP contribution in [0.4, 0.5) is 5.69 Å². The van der Waals surface area contributed by atoms with Crippen LogP contribution in [0.5, 0.6) is 5.75 Å². The van der Waals surface area contributed by atoms with Gasteiger partial charge in [-0.05, 0) is 56.3 Å². The van der Waals surface area contributed by atoms with E-state index in [9.17, 15) is 14.7 Å². The lowest BCUT2D eigenvalue weighted by Crippen LogP contribution is -2.29. The zero-order valence-electron chi connectivity index (χ0n) is 11.7. The molecule has 1 aliphatic rings. The molecule has 1 fully saturated rings. The molecule has 1 aliphatic carbocycles. The molecule has 6 nitrogen and oxygen atoms in total. The smallest absolute Gasteiger partial charge is 0.339 e. The van der Waals surface area contributed by atoms with E-state index in [2.05, 4.69) is 5.32 Å². The van der Waals surface area contributed by atoms with Gasteiger partial charge in [-0.25, -0.2) is 4.79 Å². The van der Waals surface area contributed by atoms with Crippen molar-refractivity contribution in [1.82, 2.24) is 0 Å². The Labute approximate surface area is 123 Å². The number of anilines is 1. The van der Waals surface area contributed by atoms with Crippen LogP contribution in [0, 0.1) is 11.8 Å². The quantitative estimate of drug-likeness (QED) is 0.632. The highest BCUT2D eigenvalue weighted by molar-refractivity contribution is 5.96. The number of phenols is 1. The van der Waals surface area contributed by atoms with Gasteiger partial charge < -0.3 is 21.3 Å². The Balaban J connectivity index is 2.00. The van der Waals surface area contributed by atoms with Crippen LogP contribution in [0.3, 0.4) is 0 Å². The summed E-state index contributed by atoms with van der Waals surface area (Å²) < 4.78 is 0. The van der Waals surface area contributed by atoms with Crippen molar-refractivity contribution >= 4 is 17.6 Å². The largest absolute Gasteiger partial charge is 0.507 e. The summed E-state index contributed by atoms with van der Waals surface area (Å²) in [6, 6.07) is 4.02. The Morgan fingerprint density at radius 2 is 1.90 bits per heavy atom. The fourth-order valence-corrected chi connectivity index (χ4v) is 2.69. The fourth-order valence-electron chi connectivity index (χ4n) is 2.69. The van der Waals surface area contributed by atoms with Gasteiger partial charge in [-0.3, -0.25) is 4.79 Å². The van der Waals surface area contributed by atoms with Gasteiger partial charge in [0.2, 0.25) is 5.91 Å². The van der Waals surface area contributed by atoms with Gasteiger partial charge in [0.05, 0.1) is 0 Å². The van der Waals surface area contributed by atoms with E-state index in [4.69, 9.17) is 10.8 Å². The Morgan fingerprint density at radius 3 is 2.48 bits per heavy atom. The van der Waals surface area contributed by atoms with Crippen LogP contribution in [0.2, 0.25) is 0 Å². The number of carboxylic acid groups (broad SMARTS) is 1. The van der Waals surface area contributed by atoms with Crippen molar-refractivity contribution < 1.29 is 19.8 Å². The van der Waals surface area contributed by atoms with E-state index in [-0.39, 0.29) is 23.1 Å². The second kappa shape index (κ2) is 6.58. The van der Waals surface area contributed by atoms with Gasteiger partial charge in [-0.1, -0.05) is 0 Å². The van der Waals surface area contributed by atoms with Gasteiger partial charge in [-0.15, -0.1) is 0 Å². The van der Waals surface area contributed by atoms with Gasteiger partial charge in [0, 0.05) is 11.6 Å². The SMILES string of the molecule is NCC1CCC(C(=O)Nc2ccc(O)c(C(=O)O)c2)CC1. The van der Waals surface area contributed by atoms with E-state index in [0.717, 1.165) is 25.7 Å². The number of nitrogens with one attached hydrogen (secondary N) is 1. The number of hydrogen-bond donors (Lipinski definition) is 4. The monoisotopic (exact) mass is 292 g/mol. The third-order valence-corrected chi connectivity index (χ3v) is 4.05. The lowest BCUT2D eigenvalue weighted by atomic mass is 9.81. The van der Waals surface area contributed by atoms with Gasteiger partial charge >= 0.3 is 5.97 Å². The van der Waals surface area contributed by atoms with Crippen LogP contribution >= 0.6 is 0 Å². The van der Waals surface area contributed by atoms with Gasteiger partial charge in [0.15, 0.2) is 0 Å². The highest BCUT2D eigenvalue weighted by atomic mass is 16.4. The molecule has 0 spiro atoms. The maximum absolute atomic E-state index is 12.2. The number of benzene rings is 1. The first-order valence-electron chi connectivity index (χ1n) is 7.08. The maximum Gasteiger partial charge on any atom is 0.339 e. The summed E-state index contributed by atoms with van der Waals surface area (Å²) in [5.41, 5.74) is 5.79. The fraction of sp³-hybridized carbons (Fsp3) is 0.467. The van der Waals surface area contributed by atoms with E-state index in [0.29, 0.717) is 18.2 Å². The van der Waals surface area contributed by atoms with Crippen LogP contribution in [-0.2, 0) is 4.79 Å². The minimum Gasteiger partial charge on any atom is -0.507 e. The summed E-state index contributed by atoms with van der Waals surface area (Å²) in [5.74, 6) is -1.21. The number of carbonyl (C=O) groups is 2. The van der Waals surface area contributed by atoms with Crippen LogP contribution in [0.25, 0.3) is 0 Å². The molecule has 5 N–H and O–H groups in total. The second-order valence-corrected chi connectivity index (χ2v) is 5.48. The molecule has 0 aromatic heterocycles. The minimum atomic E-state index is -1.23. The van der Waals surface area contributed by atoms with Crippen molar-refractivity contribution in [2.24, 2.45) is 17.6 Å². The first kappa shape index (κ1) is 15.3. The summed E-state index contributed by atoms with van der Waals surface area (Å²) in [5, 5.41) is 21.1. The van der Waals surface area contributed by atoms with E-state index in [1.165, 1.54) is 18.2 Å². The predicted molar refractivity (Wildman–Crippen MR) is 78.2 cm³/mol. The Kier molecular flexibility index (Phi) is 4.80. The average molecular weight is 292 g/mol. The van der Waals surface area contributed by atoms with Gasteiger partial charge in [0.1, 0.15) is 11.3 Å². The molecule has 0 heterocycles. The molecule has 1 amide bonds. The van der Waals surface area contributed by atoms with E-state index in [1.807, 2.05) is 0 Å². The van der Waals surface area contributed by atoms with Crippen LogP contribution < -0.4 is 11.1 Å². The highest BCUT2D eigenvalue weighted by Gasteiger charge is 2.25. The Morgan fingerprint density at radius 1 is 1.24 bits per heavy atom. The minimum absolute atomic E-state index is 0.0603.